The number of ether oxygens (including phenoxy) is 5. The number of alkyl halides is 6. The van der Waals surface area contributed by atoms with Gasteiger partial charge in [0.1, 0.15) is 51.7 Å². The van der Waals surface area contributed by atoms with E-state index in [2.05, 4.69) is 215 Å². The summed E-state index contributed by atoms with van der Waals surface area (Å²) in [5, 5.41) is 19.8. The first-order chi connectivity index (χ1) is 57.4. The van der Waals surface area contributed by atoms with Gasteiger partial charge in [0.15, 0.2) is 16.8 Å². The summed E-state index contributed by atoms with van der Waals surface area (Å²) in [6.45, 7) is 5.99. The molecule has 0 spiro atoms. The Morgan fingerprint density at radius 2 is 0.525 bits per heavy atom. The quantitative estimate of drug-likeness (QED) is 0.0227. The Morgan fingerprint density at radius 1 is 0.300 bits per heavy atom. The lowest BCUT2D eigenvalue weighted by Crippen LogP contribution is -2.38. The highest BCUT2D eigenvalue weighted by Crippen LogP contribution is 2.57. The number of fused-ring (bicyclic) bond motifs is 9. The summed E-state index contributed by atoms with van der Waals surface area (Å²) >= 11 is 21.4. The molecule has 0 fully saturated rings. The maximum Gasteiger partial charge on any atom is 0.534 e. The van der Waals surface area contributed by atoms with Crippen molar-refractivity contribution in [2.45, 2.75) is 119 Å². The fourth-order valence-electron chi connectivity index (χ4n) is 14.9. The second-order valence-electron chi connectivity index (χ2n) is 28.7. The summed E-state index contributed by atoms with van der Waals surface area (Å²) in [4.78, 5) is 0. The van der Waals surface area contributed by atoms with Crippen molar-refractivity contribution in [3.8, 4) is 85.1 Å². The molecule has 0 amide bonds. The standard InChI is InChI=1S/C41H48Br2O3.C27H14Br2F6O7S2.C25H16Br2O3/c1-3-5-7-9-11-13-27-44-35-21-15-31(16-22-35)41(32-17-23-36(24-18-32)45-28-14-12-10-8-6-4-2)39-29-33(42)19-25-37(39)38-26-20-34(43)30-40(38)46-41;28-17-5-11-21-22-12-6-18(29)14-24(22)40-25(23(21)13-17,15-1-7-19(8-2-15)41-43(36,37)26(30,31)32)16-3-9-20(10-4-16)42-44(38,39)27(33,34)35;26-17-5-11-21-22-12-6-18(27)14-24(22)30-25(23(21)13-17,15-1-7-19(28)8-2-15)16-3-9-20(29)10-4-16/h15-26,29-30H,3-14,27-28H2,1-2H3;1-14H;1-14,28-29H. The molecule has 15 rings (SSSR count). The lowest BCUT2D eigenvalue weighted by atomic mass is 9.75. The molecule has 27 heteroatoms. The lowest BCUT2D eigenvalue weighted by molar-refractivity contribution is -0.0504. The van der Waals surface area contributed by atoms with Crippen LogP contribution in [0.25, 0.3) is 33.4 Å². The highest BCUT2D eigenvalue weighted by Gasteiger charge is 2.52. The van der Waals surface area contributed by atoms with Crippen LogP contribution in [0.15, 0.2) is 282 Å². The van der Waals surface area contributed by atoms with Crippen molar-refractivity contribution in [3.63, 3.8) is 0 Å². The molecule has 0 radical (unpaired) electrons. The molecule has 12 aromatic rings. The molecule has 3 aliphatic rings. The molecule has 3 heterocycles. The first kappa shape index (κ1) is 89.0. The van der Waals surface area contributed by atoms with Crippen molar-refractivity contribution >= 4 is 116 Å². The molecule has 0 bridgehead atoms. The average molecular weight is 2060 g/mol. The zero-order valence-corrected chi connectivity index (χ0v) is 75.5. The summed E-state index contributed by atoms with van der Waals surface area (Å²) in [6, 6.07) is 75.4. The number of halogens is 12. The first-order valence-corrected chi connectivity index (χ1v) is 46.1. The van der Waals surface area contributed by atoms with Crippen LogP contribution in [0, 0.1) is 0 Å². The van der Waals surface area contributed by atoms with Crippen LogP contribution in [0.2, 0.25) is 0 Å². The van der Waals surface area contributed by atoms with Gasteiger partial charge in [0.2, 0.25) is 0 Å². The molecule has 13 nitrogen and oxygen atoms in total. The molecule has 0 saturated carbocycles. The van der Waals surface area contributed by atoms with Crippen LogP contribution in [-0.2, 0) is 37.0 Å². The van der Waals surface area contributed by atoms with Gasteiger partial charge in [0.05, 0.1) is 13.2 Å². The molecule has 12 aromatic carbocycles. The van der Waals surface area contributed by atoms with Crippen molar-refractivity contribution in [1.82, 2.24) is 0 Å². The van der Waals surface area contributed by atoms with Crippen LogP contribution in [0.4, 0.5) is 26.3 Å². The third kappa shape index (κ3) is 19.5. The predicted molar refractivity (Wildman–Crippen MR) is 474 cm³/mol. The van der Waals surface area contributed by atoms with Crippen molar-refractivity contribution in [1.29, 1.82) is 0 Å². The van der Waals surface area contributed by atoms with Gasteiger partial charge in [-0.1, -0.05) is 265 Å². The topological polar surface area (TPSA) is 173 Å². The zero-order valence-electron chi connectivity index (χ0n) is 64.4. The molecule has 120 heavy (non-hydrogen) atoms. The molecule has 0 atom stereocenters. The molecular formula is C93H78Br6F6O13S2. The number of hydrogen-bond donors (Lipinski definition) is 2. The number of aromatic hydroxyl groups is 2. The van der Waals surface area contributed by atoms with E-state index in [0.29, 0.717) is 31.4 Å². The third-order valence-corrected chi connectivity index (χ3v) is 25.6. The Balaban J connectivity index is 0.000000159. The van der Waals surface area contributed by atoms with Gasteiger partial charge in [0, 0.05) is 93.6 Å². The van der Waals surface area contributed by atoms with Gasteiger partial charge in [-0.05, 0) is 193 Å². The Kier molecular flexibility index (Phi) is 28.1. The smallest absolute Gasteiger partial charge is 0.508 e. The Hall–Kier alpha value is -8.80. The Bertz CT molecular complexity index is 5670. The van der Waals surface area contributed by atoms with E-state index < -0.39 is 59.6 Å². The summed E-state index contributed by atoms with van der Waals surface area (Å²) < 4.78 is 170. The largest absolute Gasteiger partial charge is 0.534 e. The molecule has 0 aromatic heterocycles. The molecule has 624 valence electrons. The molecular weight excluding hydrogens is 1980 g/mol. The second-order valence-corrected chi connectivity index (χ2v) is 37.3. The van der Waals surface area contributed by atoms with E-state index in [1.807, 2.05) is 48.5 Å². The number of hydrogen-bond acceptors (Lipinski definition) is 13. The predicted octanol–water partition coefficient (Wildman–Crippen LogP) is 28.0. The minimum absolute atomic E-state index is 0.188. The fourth-order valence-corrected chi connectivity index (χ4v) is 18.0. The second kappa shape index (κ2) is 37.9. The van der Waals surface area contributed by atoms with E-state index in [1.54, 1.807) is 60.7 Å². The van der Waals surface area contributed by atoms with Crippen LogP contribution in [0.3, 0.4) is 0 Å². The minimum atomic E-state index is -5.97. The number of unbranched alkanes of at least 4 members (excludes halogenated alkanes) is 10. The SMILES string of the molecule is CCCCCCCCOc1ccc(C2(c3ccc(OCCCCCCCC)cc3)Oc3cc(Br)ccc3-c3ccc(Br)cc32)cc1.O=S(=O)(Oc1ccc(C2(c3ccc(OS(=O)(=O)C(F)(F)F)cc3)Oc3cc(Br)ccc3-c3ccc(Br)cc32)cc1)C(F)(F)F.Oc1ccc(C2(c3ccc(O)cc3)Oc3cc(Br)ccc3-c3ccc(Br)cc32)cc1. The van der Waals surface area contributed by atoms with Gasteiger partial charge >= 0.3 is 31.3 Å². The summed E-state index contributed by atoms with van der Waals surface area (Å²) in [6.07, 6.45) is 15.0. The highest BCUT2D eigenvalue weighted by molar-refractivity contribution is 9.11. The Labute approximate surface area is 743 Å². The third-order valence-electron chi connectivity index (χ3n) is 20.7. The summed E-state index contributed by atoms with van der Waals surface area (Å²) in [7, 11) is -11.9. The lowest BCUT2D eigenvalue weighted by Gasteiger charge is -2.41. The number of phenolic OH excluding ortho intramolecular Hbond substituents is 2. The van der Waals surface area contributed by atoms with Gasteiger partial charge in [-0.3, -0.25) is 0 Å². The molecule has 0 saturated heterocycles. The van der Waals surface area contributed by atoms with Gasteiger partial charge in [0.25, 0.3) is 0 Å². The van der Waals surface area contributed by atoms with E-state index in [0.717, 1.165) is 147 Å². The van der Waals surface area contributed by atoms with Crippen molar-refractivity contribution in [2.24, 2.45) is 0 Å². The van der Waals surface area contributed by atoms with E-state index in [9.17, 15) is 53.4 Å². The summed E-state index contributed by atoms with van der Waals surface area (Å²) in [5.74, 6) is 2.76. The summed E-state index contributed by atoms with van der Waals surface area (Å²) in [5.41, 5.74) is -2.42. The van der Waals surface area contributed by atoms with Crippen LogP contribution in [0.5, 0.6) is 51.7 Å². The zero-order chi connectivity index (χ0) is 85.4. The van der Waals surface area contributed by atoms with Crippen LogP contribution in [0.1, 0.15) is 141 Å². The number of rotatable bonds is 26. The van der Waals surface area contributed by atoms with Gasteiger partial charge < -0.3 is 42.3 Å². The maximum atomic E-state index is 12.9. The molecule has 2 N–H and O–H groups in total. The van der Waals surface area contributed by atoms with Crippen LogP contribution >= 0.6 is 95.6 Å². The van der Waals surface area contributed by atoms with Gasteiger partial charge in [-0.25, -0.2) is 0 Å². The van der Waals surface area contributed by atoms with E-state index in [-0.39, 0.29) is 22.6 Å². The highest BCUT2D eigenvalue weighted by atomic mass is 79.9. The van der Waals surface area contributed by atoms with Crippen molar-refractivity contribution in [3.05, 3.63) is 332 Å². The normalized spacial score (nSPS) is 13.8. The molecule has 0 aliphatic carbocycles. The van der Waals surface area contributed by atoms with Crippen molar-refractivity contribution < 1.29 is 85.4 Å². The number of phenols is 2. The van der Waals surface area contributed by atoms with E-state index in [1.165, 1.54) is 88.5 Å². The fraction of sp³-hybridized carbons (Fsp3) is 0.226. The maximum absolute atomic E-state index is 12.9. The minimum Gasteiger partial charge on any atom is -0.508 e. The van der Waals surface area contributed by atoms with Gasteiger partial charge in [-0.2, -0.15) is 43.2 Å². The Morgan fingerprint density at radius 3 is 0.783 bits per heavy atom. The average Bonchev–Trinajstić information content (AvgIpc) is 0.724. The van der Waals surface area contributed by atoms with E-state index >= 15 is 0 Å². The molecule has 0 unspecified atom stereocenters. The van der Waals surface area contributed by atoms with Crippen LogP contribution in [-0.4, -0.2) is 51.3 Å². The van der Waals surface area contributed by atoms with Gasteiger partial charge in [-0.15, -0.1) is 0 Å². The molecule has 3 aliphatic heterocycles. The monoisotopic (exact) mass is 2050 g/mol. The van der Waals surface area contributed by atoms with Crippen LogP contribution < -0.4 is 32.1 Å². The van der Waals surface area contributed by atoms with E-state index in [4.69, 9.17) is 23.7 Å². The first-order valence-electron chi connectivity index (χ1n) is 38.5. The van der Waals surface area contributed by atoms with Crippen molar-refractivity contribution in [2.75, 3.05) is 13.2 Å². The number of benzene rings is 12.